The molecule has 96 valence electrons. The average molecular weight is 252 g/mol. The molecule has 3 atom stereocenters. The number of rotatable bonds is 3. The fourth-order valence-electron chi connectivity index (χ4n) is 2.91. The van der Waals surface area contributed by atoms with Gasteiger partial charge < -0.3 is 5.11 Å². The molecule has 3 rings (SSSR count). The fourth-order valence-corrected chi connectivity index (χ4v) is 2.91. The van der Waals surface area contributed by atoms with Crippen molar-refractivity contribution in [2.75, 3.05) is 0 Å². The third kappa shape index (κ3) is 2.14. The monoisotopic (exact) mass is 252 g/mol. The lowest BCUT2D eigenvalue weighted by Gasteiger charge is -2.01. The Bertz CT molecular complexity index is 586. The molecule has 2 aromatic carbocycles. The van der Waals surface area contributed by atoms with Crippen molar-refractivity contribution in [3.8, 4) is 0 Å². The molecule has 0 aromatic heterocycles. The number of carbonyl (C=O) groups is 1. The van der Waals surface area contributed by atoms with E-state index in [9.17, 15) is 9.90 Å². The molecule has 0 aliphatic heterocycles. The largest absolute Gasteiger partial charge is 0.481 e. The minimum Gasteiger partial charge on any atom is -0.481 e. The Morgan fingerprint density at radius 2 is 1.42 bits per heavy atom. The molecule has 1 aliphatic rings. The van der Waals surface area contributed by atoms with Crippen molar-refractivity contribution in [1.29, 1.82) is 0 Å². The van der Waals surface area contributed by atoms with Crippen LogP contribution in [-0.2, 0) is 4.79 Å². The molecule has 2 heteroatoms. The summed E-state index contributed by atoms with van der Waals surface area (Å²) in [5.74, 6) is -0.758. The first-order chi connectivity index (χ1) is 9.18. The minimum absolute atomic E-state index is 0.112. The first kappa shape index (κ1) is 12.0. The Morgan fingerprint density at radius 1 is 0.895 bits per heavy atom. The third-order valence-corrected chi connectivity index (χ3v) is 3.95. The Labute approximate surface area is 112 Å². The van der Waals surface area contributed by atoms with Crippen LogP contribution in [0.2, 0.25) is 0 Å². The Morgan fingerprint density at radius 3 is 1.95 bits per heavy atom. The summed E-state index contributed by atoms with van der Waals surface area (Å²) in [6.07, 6.45) is 0. The third-order valence-electron chi connectivity index (χ3n) is 3.95. The summed E-state index contributed by atoms with van der Waals surface area (Å²) in [7, 11) is 0. The molecule has 0 spiro atoms. The number of benzene rings is 2. The van der Waals surface area contributed by atoms with Gasteiger partial charge >= 0.3 is 5.97 Å². The van der Waals surface area contributed by atoms with Crippen LogP contribution in [0.4, 0.5) is 0 Å². The van der Waals surface area contributed by atoms with E-state index in [0.717, 1.165) is 11.1 Å². The van der Waals surface area contributed by atoms with E-state index in [1.165, 1.54) is 5.56 Å². The van der Waals surface area contributed by atoms with E-state index in [2.05, 4.69) is 24.3 Å². The van der Waals surface area contributed by atoms with Crippen LogP contribution < -0.4 is 0 Å². The molecule has 3 unspecified atom stereocenters. The molecule has 1 saturated carbocycles. The maximum atomic E-state index is 11.4. The van der Waals surface area contributed by atoms with Gasteiger partial charge in [-0.3, -0.25) is 4.79 Å². The smallest absolute Gasteiger partial charge is 0.307 e. The number of hydrogen-bond donors (Lipinski definition) is 1. The van der Waals surface area contributed by atoms with Gasteiger partial charge in [0.2, 0.25) is 0 Å². The predicted octanol–water partition coefficient (Wildman–Crippen LogP) is 3.58. The van der Waals surface area contributed by atoms with Crippen molar-refractivity contribution in [1.82, 2.24) is 0 Å². The standard InChI is InChI=1S/C17H16O2/c1-11-7-9-13(10-8-11)15-14(16(15)17(18)19)12-5-3-2-4-6-12/h2-10,14-16H,1H3,(H,18,19). The van der Waals surface area contributed by atoms with Gasteiger partial charge in [0.25, 0.3) is 0 Å². The zero-order valence-electron chi connectivity index (χ0n) is 10.8. The lowest BCUT2D eigenvalue weighted by atomic mass is 10.0. The average Bonchev–Trinajstić information content (AvgIpc) is 3.16. The highest BCUT2D eigenvalue weighted by Gasteiger charge is 2.56. The van der Waals surface area contributed by atoms with Gasteiger partial charge in [-0.05, 0) is 18.1 Å². The van der Waals surface area contributed by atoms with Gasteiger partial charge in [0.15, 0.2) is 0 Å². The summed E-state index contributed by atoms with van der Waals surface area (Å²) in [5, 5.41) is 9.37. The van der Waals surface area contributed by atoms with Crippen LogP contribution in [0.5, 0.6) is 0 Å². The van der Waals surface area contributed by atoms with Crippen LogP contribution >= 0.6 is 0 Å². The Balaban J connectivity index is 1.93. The maximum Gasteiger partial charge on any atom is 0.307 e. The van der Waals surface area contributed by atoms with Crippen LogP contribution in [0.3, 0.4) is 0 Å². The first-order valence-electron chi connectivity index (χ1n) is 6.53. The molecule has 0 radical (unpaired) electrons. The van der Waals surface area contributed by atoms with Crippen molar-refractivity contribution in [2.45, 2.75) is 18.8 Å². The first-order valence-corrected chi connectivity index (χ1v) is 6.53. The van der Waals surface area contributed by atoms with Crippen molar-refractivity contribution >= 4 is 5.97 Å². The van der Waals surface area contributed by atoms with E-state index in [-0.39, 0.29) is 17.8 Å². The summed E-state index contributed by atoms with van der Waals surface area (Å²) in [4.78, 5) is 11.4. The Hall–Kier alpha value is -2.09. The minimum atomic E-state index is -0.695. The number of carboxylic acid groups (broad SMARTS) is 1. The van der Waals surface area contributed by atoms with Crippen LogP contribution in [0, 0.1) is 12.8 Å². The van der Waals surface area contributed by atoms with Gasteiger partial charge in [-0.2, -0.15) is 0 Å². The highest BCUT2D eigenvalue weighted by Crippen LogP contribution is 2.60. The van der Waals surface area contributed by atoms with E-state index < -0.39 is 5.97 Å². The van der Waals surface area contributed by atoms with Gasteiger partial charge in [-0.15, -0.1) is 0 Å². The second-order valence-corrected chi connectivity index (χ2v) is 5.24. The fraction of sp³-hybridized carbons (Fsp3) is 0.235. The molecule has 2 nitrogen and oxygen atoms in total. The predicted molar refractivity (Wildman–Crippen MR) is 74.2 cm³/mol. The summed E-state index contributed by atoms with van der Waals surface area (Å²) >= 11 is 0. The Kier molecular flexibility index (Phi) is 2.86. The number of carboxylic acids is 1. The number of aryl methyl sites for hydroxylation is 1. The highest BCUT2D eigenvalue weighted by atomic mass is 16.4. The lowest BCUT2D eigenvalue weighted by Crippen LogP contribution is -2.00. The zero-order valence-corrected chi connectivity index (χ0v) is 10.8. The SMILES string of the molecule is Cc1ccc(C2C(C(=O)O)C2c2ccccc2)cc1. The van der Waals surface area contributed by atoms with E-state index in [1.54, 1.807) is 0 Å². The van der Waals surface area contributed by atoms with Crippen LogP contribution in [0.15, 0.2) is 54.6 Å². The van der Waals surface area contributed by atoms with Gasteiger partial charge in [0, 0.05) is 11.8 Å². The summed E-state index contributed by atoms with van der Waals surface area (Å²) in [6.45, 7) is 2.04. The van der Waals surface area contributed by atoms with E-state index in [0.29, 0.717) is 0 Å². The summed E-state index contributed by atoms with van der Waals surface area (Å²) < 4.78 is 0. The quantitative estimate of drug-likeness (QED) is 0.906. The molecule has 0 heterocycles. The number of hydrogen-bond acceptors (Lipinski definition) is 1. The van der Waals surface area contributed by atoms with Crippen molar-refractivity contribution in [3.63, 3.8) is 0 Å². The molecule has 0 amide bonds. The van der Waals surface area contributed by atoms with Gasteiger partial charge in [-0.1, -0.05) is 60.2 Å². The highest BCUT2D eigenvalue weighted by molar-refractivity contribution is 5.78. The van der Waals surface area contributed by atoms with E-state index in [4.69, 9.17) is 0 Å². The number of aliphatic carboxylic acids is 1. The molecule has 2 aromatic rings. The van der Waals surface area contributed by atoms with Crippen molar-refractivity contribution < 1.29 is 9.90 Å². The lowest BCUT2D eigenvalue weighted by molar-refractivity contribution is -0.138. The zero-order chi connectivity index (χ0) is 13.4. The second-order valence-electron chi connectivity index (χ2n) is 5.24. The summed E-state index contributed by atoms with van der Waals surface area (Å²) in [5.41, 5.74) is 3.46. The van der Waals surface area contributed by atoms with E-state index >= 15 is 0 Å². The van der Waals surface area contributed by atoms with Crippen LogP contribution in [-0.4, -0.2) is 11.1 Å². The topological polar surface area (TPSA) is 37.3 Å². The second kappa shape index (κ2) is 4.54. The van der Waals surface area contributed by atoms with Gasteiger partial charge in [-0.25, -0.2) is 0 Å². The molecule has 1 N–H and O–H groups in total. The maximum absolute atomic E-state index is 11.4. The van der Waals surface area contributed by atoms with Crippen molar-refractivity contribution in [2.24, 2.45) is 5.92 Å². The molecular weight excluding hydrogens is 236 g/mol. The van der Waals surface area contributed by atoms with Crippen LogP contribution in [0.25, 0.3) is 0 Å². The van der Waals surface area contributed by atoms with Crippen LogP contribution in [0.1, 0.15) is 28.5 Å². The molecular formula is C17H16O2. The van der Waals surface area contributed by atoms with Gasteiger partial charge in [0.1, 0.15) is 0 Å². The molecule has 0 saturated heterocycles. The molecule has 1 aliphatic carbocycles. The molecule has 1 fully saturated rings. The summed E-state index contributed by atoms with van der Waals surface area (Å²) in [6, 6.07) is 18.2. The molecule has 0 bridgehead atoms. The normalized spacial score (nSPS) is 25.0. The van der Waals surface area contributed by atoms with E-state index in [1.807, 2.05) is 37.3 Å². The van der Waals surface area contributed by atoms with Gasteiger partial charge in [0.05, 0.1) is 5.92 Å². The molecule has 19 heavy (non-hydrogen) atoms. The van der Waals surface area contributed by atoms with Crippen molar-refractivity contribution in [3.05, 3.63) is 71.3 Å².